The molecular formula is C13H20N2O2. The van der Waals surface area contributed by atoms with Gasteiger partial charge in [-0.2, -0.15) is 0 Å². The number of non-ortho nitro benzene ring substituents is 1. The summed E-state index contributed by atoms with van der Waals surface area (Å²) in [5, 5.41) is 10.6. The summed E-state index contributed by atoms with van der Waals surface area (Å²) in [5.74, 6) is 0. The zero-order chi connectivity index (χ0) is 13.2. The second kappa shape index (κ2) is 4.84. The number of aryl methyl sites for hydroxylation is 1. The molecule has 0 bridgehead atoms. The third-order valence-corrected chi connectivity index (χ3v) is 3.09. The molecule has 4 heteroatoms. The molecule has 1 atom stereocenters. The normalized spacial score (nSPS) is 13.5. The van der Waals surface area contributed by atoms with Gasteiger partial charge in [0.25, 0.3) is 5.69 Å². The Morgan fingerprint density at radius 2 is 2.00 bits per heavy atom. The highest BCUT2D eigenvalue weighted by molar-refractivity contribution is 5.39. The van der Waals surface area contributed by atoms with Crippen molar-refractivity contribution in [3.05, 3.63) is 39.4 Å². The first kappa shape index (κ1) is 13.6. The minimum Gasteiger partial charge on any atom is -0.327 e. The van der Waals surface area contributed by atoms with Gasteiger partial charge >= 0.3 is 0 Å². The van der Waals surface area contributed by atoms with E-state index in [0.717, 1.165) is 17.5 Å². The summed E-state index contributed by atoms with van der Waals surface area (Å²) in [6.07, 6.45) is 0.743. The van der Waals surface area contributed by atoms with Crippen LogP contribution in [0.1, 0.15) is 31.9 Å². The average Bonchev–Trinajstić information content (AvgIpc) is 2.19. The molecule has 0 saturated heterocycles. The molecule has 1 aromatic carbocycles. The van der Waals surface area contributed by atoms with Crippen LogP contribution in [-0.4, -0.2) is 11.0 Å². The van der Waals surface area contributed by atoms with Crippen molar-refractivity contribution in [1.82, 2.24) is 0 Å². The van der Waals surface area contributed by atoms with Gasteiger partial charge < -0.3 is 5.73 Å². The van der Waals surface area contributed by atoms with E-state index in [1.807, 2.05) is 6.92 Å². The van der Waals surface area contributed by atoms with E-state index in [2.05, 4.69) is 20.8 Å². The van der Waals surface area contributed by atoms with Gasteiger partial charge in [0.1, 0.15) is 0 Å². The number of hydrogen-bond acceptors (Lipinski definition) is 3. The summed E-state index contributed by atoms with van der Waals surface area (Å²) in [6.45, 7) is 8.17. The molecule has 0 spiro atoms. The van der Waals surface area contributed by atoms with Gasteiger partial charge in [-0.15, -0.1) is 0 Å². The van der Waals surface area contributed by atoms with Gasteiger partial charge in [0, 0.05) is 18.2 Å². The molecular weight excluding hydrogens is 216 g/mol. The fourth-order valence-corrected chi connectivity index (χ4v) is 1.57. The highest BCUT2D eigenvalue weighted by Crippen LogP contribution is 2.24. The first-order valence-electron chi connectivity index (χ1n) is 5.71. The standard InChI is InChI=1S/C13H20N2O2/c1-9-7-11(15(16)17)6-5-10(9)8-12(14)13(2,3)4/h5-7,12H,8,14H2,1-4H3. The maximum atomic E-state index is 10.6. The third kappa shape index (κ3) is 3.53. The van der Waals surface area contributed by atoms with E-state index in [0.29, 0.717) is 0 Å². The SMILES string of the molecule is Cc1cc([N+](=O)[O-])ccc1CC(N)C(C)(C)C. The Balaban J connectivity index is 2.90. The Morgan fingerprint density at radius 1 is 1.41 bits per heavy atom. The maximum Gasteiger partial charge on any atom is 0.269 e. The number of nitrogens with two attached hydrogens (primary N) is 1. The van der Waals surface area contributed by atoms with Crippen LogP contribution in [0.2, 0.25) is 0 Å². The van der Waals surface area contributed by atoms with Crippen molar-refractivity contribution in [2.45, 2.75) is 40.2 Å². The Labute approximate surface area is 102 Å². The van der Waals surface area contributed by atoms with Crippen molar-refractivity contribution >= 4 is 5.69 Å². The summed E-state index contributed by atoms with van der Waals surface area (Å²) in [6, 6.07) is 4.99. The van der Waals surface area contributed by atoms with E-state index in [4.69, 9.17) is 5.73 Å². The maximum absolute atomic E-state index is 10.6. The van der Waals surface area contributed by atoms with Gasteiger partial charge in [0.2, 0.25) is 0 Å². The minimum atomic E-state index is -0.375. The fourth-order valence-electron chi connectivity index (χ4n) is 1.57. The van der Waals surface area contributed by atoms with Crippen molar-refractivity contribution in [3.63, 3.8) is 0 Å². The zero-order valence-electron chi connectivity index (χ0n) is 10.9. The summed E-state index contributed by atoms with van der Waals surface area (Å²) in [7, 11) is 0. The van der Waals surface area contributed by atoms with Crippen LogP contribution in [0.5, 0.6) is 0 Å². The second-order valence-corrected chi connectivity index (χ2v) is 5.54. The zero-order valence-corrected chi connectivity index (χ0v) is 10.9. The van der Waals surface area contributed by atoms with Gasteiger partial charge in [0.15, 0.2) is 0 Å². The molecule has 4 nitrogen and oxygen atoms in total. The molecule has 0 fully saturated rings. The van der Waals surface area contributed by atoms with Crippen LogP contribution >= 0.6 is 0 Å². The number of nitrogens with zero attached hydrogens (tertiary/aromatic N) is 1. The molecule has 0 amide bonds. The Kier molecular flexibility index (Phi) is 3.88. The van der Waals surface area contributed by atoms with E-state index in [-0.39, 0.29) is 22.1 Å². The first-order valence-corrected chi connectivity index (χ1v) is 5.71. The number of benzene rings is 1. The smallest absolute Gasteiger partial charge is 0.269 e. The molecule has 0 heterocycles. The lowest BCUT2D eigenvalue weighted by Gasteiger charge is -2.27. The van der Waals surface area contributed by atoms with E-state index in [1.165, 1.54) is 6.07 Å². The quantitative estimate of drug-likeness (QED) is 0.648. The lowest BCUT2D eigenvalue weighted by atomic mass is 9.83. The Bertz CT molecular complexity index is 422. The van der Waals surface area contributed by atoms with Gasteiger partial charge in [-0.3, -0.25) is 10.1 Å². The van der Waals surface area contributed by atoms with Crippen molar-refractivity contribution in [3.8, 4) is 0 Å². The Hall–Kier alpha value is -1.42. The molecule has 94 valence electrons. The van der Waals surface area contributed by atoms with Gasteiger partial charge in [-0.25, -0.2) is 0 Å². The van der Waals surface area contributed by atoms with Crippen LogP contribution in [0, 0.1) is 22.5 Å². The molecule has 1 rings (SSSR count). The van der Waals surface area contributed by atoms with Crippen molar-refractivity contribution in [2.75, 3.05) is 0 Å². The molecule has 1 aromatic rings. The molecule has 0 radical (unpaired) electrons. The average molecular weight is 236 g/mol. The van der Waals surface area contributed by atoms with E-state index in [9.17, 15) is 10.1 Å². The largest absolute Gasteiger partial charge is 0.327 e. The summed E-state index contributed by atoms with van der Waals surface area (Å²) in [4.78, 5) is 10.3. The van der Waals surface area contributed by atoms with Gasteiger partial charge in [-0.1, -0.05) is 26.8 Å². The predicted octanol–water partition coefficient (Wildman–Crippen LogP) is 2.82. The van der Waals surface area contributed by atoms with Crippen LogP contribution in [0.15, 0.2) is 18.2 Å². The van der Waals surface area contributed by atoms with E-state index < -0.39 is 0 Å². The molecule has 2 N–H and O–H groups in total. The van der Waals surface area contributed by atoms with Gasteiger partial charge in [0.05, 0.1) is 4.92 Å². The van der Waals surface area contributed by atoms with Crippen LogP contribution < -0.4 is 5.73 Å². The highest BCUT2D eigenvalue weighted by Gasteiger charge is 2.21. The van der Waals surface area contributed by atoms with Crippen LogP contribution in [0.25, 0.3) is 0 Å². The topological polar surface area (TPSA) is 69.2 Å². The van der Waals surface area contributed by atoms with E-state index >= 15 is 0 Å². The number of hydrogen-bond donors (Lipinski definition) is 1. The highest BCUT2D eigenvalue weighted by atomic mass is 16.6. The fraction of sp³-hybridized carbons (Fsp3) is 0.538. The lowest BCUT2D eigenvalue weighted by molar-refractivity contribution is -0.384. The van der Waals surface area contributed by atoms with Crippen LogP contribution in [-0.2, 0) is 6.42 Å². The molecule has 0 aromatic heterocycles. The van der Waals surface area contributed by atoms with Gasteiger partial charge in [-0.05, 0) is 29.9 Å². The number of nitro benzene ring substituents is 1. The lowest BCUT2D eigenvalue weighted by Crippen LogP contribution is -2.37. The molecule has 0 aliphatic carbocycles. The Morgan fingerprint density at radius 3 is 2.41 bits per heavy atom. The van der Waals surface area contributed by atoms with Crippen molar-refractivity contribution in [1.29, 1.82) is 0 Å². The second-order valence-electron chi connectivity index (χ2n) is 5.54. The summed E-state index contributed by atoms with van der Waals surface area (Å²) in [5.41, 5.74) is 8.30. The summed E-state index contributed by atoms with van der Waals surface area (Å²) >= 11 is 0. The summed E-state index contributed by atoms with van der Waals surface area (Å²) < 4.78 is 0. The molecule has 0 aliphatic rings. The first-order chi connectivity index (χ1) is 7.71. The van der Waals surface area contributed by atoms with Crippen LogP contribution in [0.3, 0.4) is 0 Å². The molecule has 0 saturated carbocycles. The van der Waals surface area contributed by atoms with Crippen molar-refractivity contribution < 1.29 is 4.92 Å². The monoisotopic (exact) mass is 236 g/mol. The third-order valence-electron chi connectivity index (χ3n) is 3.09. The molecule has 17 heavy (non-hydrogen) atoms. The van der Waals surface area contributed by atoms with E-state index in [1.54, 1.807) is 12.1 Å². The molecule has 1 unspecified atom stereocenters. The number of rotatable bonds is 3. The van der Waals surface area contributed by atoms with Crippen molar-refractivity contribution in [2.24, 2.45) is 11.1 Å². The minimum absolute atomic E-state index is 0.0359. The molecule has 0 aliphatic heterocycles. The number of nitro groups is 1. The predicted molar refractivity (Wildman–Crippen MR) is 69.0 cm³/mol. The van der Waals surface area contributed by atoms with Crippen LogP contribution in [0.4, 0.5) is 5.69 Å².